The zero-order chi connectivity index (χ0) is 23.8. The summed E-state index contributed by atoms with van der Waals surface area (Å²) in [5.41, 5.74) is 3.76. The number of amides is 1. The number of nitrogens with zero attached hydrogens (tertiary/aromatic N) is 2. The molecule has 1 aromatic heterocycles. The van der Waals surface area contributed by atoms with E-state index in [0.717, 1.165) is 34.5 Å². The lowest BCUT2D eigenvalue weighted by Crippen LogP contribution is -2.37. The summed E-state index contributed by atoms with van der Waals surface area (Å²) in [7, 11) is 0. The molecule has 1 unspecified atom stereocenters. The van der Waals surface area contributed by atoms with Gasteiger partial charge >= 0.3 is 0 Å². The average Bonchev–Trinajstić information content (AvgIpc) is 2.78. The van der Waals surface area contributed by atoms with Gasteiger partial charge in [0.1, 0.15) is 12.4 Å². The predicted molar refractivity (Wildman–Crippen MR) is 136 cm³/mol. The van der Waals surface area contributed by atoms with Gasteiger partial charge in [-0.2, -0.15) is 0 Å². The SMILES string of the molecule is CC(C)C(CC(C)(C)C)C(=O)NCCOc1ccc(/C=C/c2cnc3ccccc3n2)cc1. The fraction of sp³-hybridized carbons (Fsp3) is 0.393. The second-order valence-corrected chi connectivity index (χ2v) is 9.94. The van der Waals surface area contributed by atoms with Crippen molar-refractivity contribution in [2.75, 3.05) is 13.2 Å². The first-order valence-corrected chi connectivity index (χ1v) is 11.6. The summed E-state index contributed by atoms with van der Waals surface area (Å²) in [5, 5.41) is 3.03. The van der Waals surface area contributed by atoms with Crippen LogP contribution in [0, 0.1) is 17.3 Å². The van der Waals surface area contributed by atoms with Crippen LogP contribution in [0.1, 0.15) is 52.3 Å². The van der Waals surface area contributed by atoms with E-state index < -0.39 is 0 Å². The van der Waals surface area contributed by atoms with Gasteiger partial charge in [-0.3, -0.25) is 9.78 Å². The highest BCUT2D eigenvalue weighted by Gasteiger charge is 2.27. The Hall–Kier alpha value is -3.21. The minimum absolute atomic E-state index is 0.0170. The molecule has 0 bridgehead atoms. The van der Waals surface area contributed by atoms with Gasteiger partial charge in [0.05, 0.1) is 29.5 Å². The third kappa shape index (κ3) is 7.70. The van der Waals surface area contributed by atoms with Gasteiger partial charge in [-0.15, -0.1) is 0 Å². The third-order valence-corrected chi connectivity index (χ3v) is 5.44. The van der Waals surface area contributed by atoms with E-state index in [9.17, 15) is 4.79 Å². The minimum Gasteiger partial charge on any atom is -0.492 e. The number of aromatic nitrogens is 2. The van der Waals surface area contributed by atoms with Crippen LogP contribution in [0.5, 0.6) is 5.75 Å². The molecule has 5 heteroatoms. The van der Waals surface area contributed by atoms with Crippen molar-refractivity contribution < 1.29 is 9.53 Å². The molecule has 0 saturated carbocycles. The van der Waals surface area contributed by atoms with E-state index in [1.165, 1.54) is 0 Å². The summed E-state index contributed by atoms with van der Waals surface area (Å²) in [5.74, 6) is 1.22. The van der Waals surface area contributed by atoms with Crippen LogP contribution in [-0.4, -0.2) is 29.0 Å². The monoisotopic (exact) mass is 445 g/mol. The summed E-state index contributed by atoms with van der Waals surface area (Å²) in [6.07, 6.45) is 6.60. The second-order valence-electron chi connectivity index (χ2n) is 9.94. The van der Waals surface area contributed by atoms with Crippen molar-refractivity contribution >= 4 is 29.1 Å². The maximum atomic E-state index is 12.6. The number of para-hydroxylation sites is 2. The van der Waals surface area contributed by atoms with Crippen molar-refractivity contribution in [2.24, 2.45) is 17.3 Å². The zero-order valence-electron chi connectivity index (χ0n) is 20.3. The number of ether oxygens (including phenoxy) is 1. The highest BCUT2D eigenvalue weighted by Crippen LogP contribution is 2.29. The van der Waals surface area contributed by atoms with Gasteiger partial charge in [0, 0.05) is 5.92 Å². The molecule has 0 aliphatic heterocycles. The van der Waals surface area contributed by atoms with Gasteiger partial charge in [0.25, 0.3) is 0 Å². The molecule has 5 nitrogen and oxygen atoms in total. The standard InChI is InChI=1S/C28H35N3O2/c1-20(2)24(18-28(3,4)5)27(32)29-16-17-33-23-14-11-21(12-15-23)10-13-22-19-30-25-8-6-7-9-26(25)31-22/h6-15,19-20,24H,16-18H2,1-5H3,(H,29,32)/b13-10+. The van der Waals surface area contributed by atoms with Crippen molar-refractivity contribution in [3.63, 3.8) is 0 Å². The van der Waals surface area contributed by atoms with Gasteiger partial charge in [-0.1, -0.05) is 65.0 Å². The molecule has 1 atom stereocenters. The van der Waals surface area contributed by atoms with Gasteiger partial charge in [-0.05, 0) is 53.7 Å². The first-order chi connectivity index (χ1) is 15.7. The van der Waals surface area contributed by atoms with Gasteiger partial charge in [0.2, 0.25) is 5.91 Å². The average molecular weight is 446 g/mol. The highest BCUT2D eigenvalue weighted by atomic mass is 16.5. The zero-order valence-corrected chi connectivity index (χ0v) is 20.3. The molecular weight excluding hydrogens is 410 g/mol. The lowest BCUT2D eigenvalue weighted by atomic mass is 9.79. The number of carbonyl (C=O) groups excluding carboxylic acids is 1. The number of nitrogens with one attached hydrogen (secondary N) is 1. The molecule has 1 N–H and O–H groups in total. The fourth-order valence-electron chi connectivity index (χ4n) is 3.67. The number of benzene rings is 2. The molecule has 1 amide bonds. The van der Waals surface area contributed by atoms with Crippen LogP contribution in [0.15, 0.2) is 54.7 Å². The molecule has 0 radical (unpaired) electrons. The molecule has 2 aromatic carbocycles. The Labute approximate surface area is 197 Å². The molecule has 3 rings (SSSR count). The topological polar surface area (TPSA) is 64.1 Å². The molecule has 0 spiro atoms. The quantitative estimate of drug-likeness (QED) is 0.410. The molecule has 1 heterocycles. The van der Waals surface area contributed by atoms with Gasteiger partial charge in [-0.25, -0.2) is 4.98 Å². The van der Waals surface area contributed by atoms with Crippen molar-refractivity contribution in [3.8, 4) is 5.75 Å². The number of fused-ring (bicyclic) bond motifs is 1. The second kappa shape index (κ2) is 11.1. The Morgan fingerprint density at radius 1 is 1.03 bits per heavy atom. The van der Waals surface area contributed by atoms with Crippen molar-refractivity contribution in [3.05, 3.63) is 66.0 Å². The van der Waals surface area contributed by atoms with Gasteiger partial charge in [0.15, 0.2) is 0 Å². The molecule has 0 fully saturated rings. The number of hydrogen-bond donors (Lipinski definition) is 1. The number of carbonyl (C=O) groups is 1. The largest absolute Gasteiger partial charge is 0.492 e. The van der Waals surface area contributed by atoms with Crippen molar-refractivity contribution in [1.29, 1.82) is 0 Å². The van der Waals surface area contributed by atoms with E-state index in [1.807, 2.05) is 60.7 Å². The van der Waals surface area contributed by atoms with Crippen LogP contribution in [-0.2, 0) is 4.79 Å². The van der Waals surface area contributed by atoms with Crippen molar-refractivity contribution in [2.45, 2.75) is 41.0 Å². The fourth-order valence-corrected chi connectivity index (χ4v) is 3.67. The van der Waals surface area contributed by atoms with E-state index in [2.05, 4.69) is 49.9 Å². The highest BCUT2D eigenvalue weighted by molar-refractivity contribution is 5.79. The molecule has 0 saturated heterocycles. The molecule has 3 aromatic rings. The van der Waals surface area contributed by atoms with E-state index in [4.69, 9.17) is 4.74 Å². The molecular formula is C28H35N3O2. The maximum absolute atomic E-state index is 12.6. The van der Waals surface area contributed by atoms with Crippen LogP contribution in [0.25, 0.3) is 23.2 Å². The summed E-state index contributed by atoms with van der Waals surface area (Å²) >= 11 is 0. The van der Waals surface area contributed by atoms with E-state index in [0.29, 0.717) is 19.1 Å². The number of hydrogen-bond acceptors (Lipinski definition) is 4. The Balaban J connectivity index is 1.47. The predicted octanol–water partition coefficient (Wildman–Crippen LogP) is 6.00. The van der Waals surface area contributed by atoms with Crippen LogP contribution in [0.2, 0.25) is 0 Å². The summed E-state index contributed by atoms with van der Waals surface area (Å²) < 4.78 is 5.80. The normalized spacial score (nSPS) is 12.9. The minimum atomic E-state index is 0.0170. The van der Waals surface area contributed by atoms with E-state index in [-0.39, 0.29) is 17.2 Å². The van der Waals surface area contributed by atoms with E-state index >= 15 is 0 Å². The summed E-state index contributed by atoms with van der Waals surface area (Å²) in [6.45, 7) is 11.7. The van der Waals surface area contributed by atoms with Gasteiger partial charge < -0.3 is 10.1 Å². The van der Waals surface area contributed by atoms with Crippen LogP contribution < -0.4 is 10.1 Å². The Kier molecular flexibility index (Phi) is 8.21. The molecule has 0 aliphatic carbocycles. The lowest BCUT2D eigenvalue weighted by molar-refractivity contribution is -0.127. The van der Waals surface area contributed by atoms with Crippen LogP contribution in [0.3, 0.4) is 0 Å². The van der Waals surface area contributed by atoms with Crippen molar-refractivity contribution in [1.82, 2.24) is 15.3 Å². The molecule has 0 aliphatic rings. The van der Waals surface area contributed by atoms with Crippen LogP contribution in [0.4, 0.5) is 0 Å². The van der Waals surface area contributed by atoms with Crippen LogP contribution >= 0.6 is 0 Å². The Morgan fingerprint density at radius 2 is 1.73 bits per heavy atom. The first kappa shape index (κ1) is 24.4. The first-order valence-electron chi connectivity index (χ1n) is 11.6. The Bertz CT molecular complexity index is 1080. The summed E-state index contributed by atoms with van der Waals surface area (Å²) in [4.78, 5) is 21.6. The Morgan fingerprint density at radius 3 is 2.39 bits per heavy atom. The summed E-state index contributed by atoms with van der Waals surface area (Å²) in [6, 6.07) is 15.7. The molecule has 33 heavy (non-hydrogen) atoms. The lowest BCUT2D eigenvalue weighted by Gasteiger charge is -2.27. The molecule has 174 valence electrons. The number of rotatable bonds is 9. The third-order valence-electron chi connectivity index (χ3n) is 5.44. The van der Waals surface area contributed by atoms with E-state index in [1.54, 1.807) is 6.20 Å². The smallest absolute Gasteiger partial charge is 0.223 e. The maximum Gasteiger partial charge on any atom is 0.223 e.